The third kappa shape index (κ3) is 4.39. The van der Waals surface area contributed by atoms with Crippen molar-refractivity contribution in [3.63, 3.8) is 0 Å². The van der Waals surface area contributed by atoms with Crippen LogP contribution < -0.4 is 9.47 Å². The van der Waals surface area contributed by atoms with Gasteiger partial charge in [-0.15, -0.1) is 0 Å². The number of likely N-dealkylation sites (tertiary alicyclic amines) is 1. The van der Waals surface area contributed by atoms with Gasteiger partial charge in [-0.05, 0) is 29.8 Å². The molecule has 1 aromatic heterocycles. The van der Waals surface area contributed by atoms with Crippen LogP contribution in [-0.4, -0.2) is 72.5 Å². The molecule has 5 rings (SSSR count). The van der Waals surface area contributed by atoms with Gasteiger partial charge in [-0.2, -0.15) is 0 Å². The highest BCUT2D eigenvalue weighted by Crippen LogP contribution is 2.31. The molecule has 31 heavy (non-hydrogen) atoms. The van der Waals surface area contributed by atoms with Crippen LogP contribution in [0.4, 0.5) is 0 Å². The first-order valence-corrected chi connectivity index (χ1v) is 10.9. The van der Waals surface area contributed by atoms with Crippen LogP contribution in [0.5, 0.6) is 11.5 Å². The third-order valence-corrected chi connectivity index (χ3v) is 6.19. The van der Waals surface area contributed by atoms with Crippen molar-refractivity contribution >= 4 is 11.8 Å². The number of ether oxygens (including phenoxy) is 2. The number of carbonyl (C=O) groups excluding carboxylic acids is 2. The van der Waals surface area contributed by atoms with E-state index in [1.54, 1.807) is 11.2 Å². The lowest BCUT2D eigenvalue weighted by atomic mass is 10.1. The standard InChI is InChI=1S/C23H27N3O5/c27-22-13-18(15-26(22)16-19-2-1-9-29-19)23(28)25-7-5-24(6-8-25)14-17-3-4-20-21(12-17)31-11-10-30-20/h1-4,9,12,18H,5-8,10-11,13-16H2. The number of furan rings is 1. The zero-order valence-electron chi connectivity index (χ0n) is 17.5. The second-order valence-corrected chi connectivity index (χ2v) is 8.33. The molecule has 164 valence electrons. The van der Waals surface area contributed by atoms with E-state index >= 15 is 0 Å². The second kappa shape index (κ2) is 8.63. The molecule has 0 aliphatic carbocycles. The number of fused-ring (bicyclic) bond motifs is 1. The van der Waals surface area contributed by atoms with Crippen LogP contribution in [0.25, 0.3) is 0 Å². The molecule has 2 saturated heterocycles. The predicted octanol–water partition coefficient (Wildman–Crippen LogP) is 1.74. The topological polar surface area (TPSA) is 75.5 Å². The fraction of sp³-hybridized carbons (Fsp3) is 0.478. The predicted molar refractivity (Wildman–Crippen MR) is 112 cm³/mol. The molecule has 2 aromatic rings. The Labute approximate surface area is 181 Å². The first-order valence-electron chi connectivity index (χ1n) is 10.9. The highest BCUT2D eigenvalue weighted by Gasteiger charge is 2.37. The Bertz CT molecular complexity index is 937. The Kier molecular flexibility index (Phi) is 5.55. The van der Waals surface area contributed by atoms with Crippen LogP contribution in [0.15, 0.2) is 41.0 Å². The van der Waals surface area contributed by atoms with E-state index in [9.17, 15) is 9.59 Å². The summed E-state index contributed by atoms with van der Waals surface area (Å²) in [6, 6.07) is 9.74. The quantitative estimate of drug-likeness (QED) is 0.727. The second-order valence-electron chi connectivity index (χ2n) is 8.33. The molecule has 1 atom stereocenters. The summed E-state index contributed by atoms with van der Waals surface area (Å²) >= 11 is 0. The number of rotatable bonds is 5. The van der Waals surface area contributed by atoms with Gasteiger partial charge in [0.1, 0.15) is 19.0 Å². The summed E-state index contributed by atoms with van der Waals surface area (Å²) < 4.78 is 16.6. The molecule has 8 nitrogen and oxygen atoms in total. The van der Waals surface area contributed by atoms with Crippen molar-refractivity contribution in [1.29, 1.82) is 0 Å². The van der Waals surface area contributed by atoms with Gasteiger partial charge < -0.3 is 23.7 Å². The van der Waals surface area contributed by atoms with Crippen molar-refractivity contribution in [3.05, 3.63) is 47.9 Å². The van der Waals surface area contributed by atoms with Crippen LogP contribution in [0, 0.1) is 5.92 Å². The SMILES string of the molecule is O=C1CC(C(=O)N2CCN(Cc3ccc4c(c3)OCCO4)CC2)CN1Cc1ccco1. The average Bonchev–Trinajstić information content (AvgIpc) is 3.44. The molecule has 2 fully saturated rings. The van der Waals surface area contributed by atoms with Crippen molar-refractivity contribution in [1.82, 2.24) is 14.7 Å². The smallest absolute Gasteiger partial charge is 0.228 e. The van der Waals surface area contributed by atoms with E-state index in [1.165, 1.54) is 5.56 Å². The number of hydrogen-bond acceptors (Lipinski definition) is 6. The highest BCUT2D eigenvalue weighted by atomic mass is 16.6. The lowest BCUT2D eigenvalue weighted by Gasteiger charge is -2.36. The van der Waals surface area contributed by atoms with Gasteiger partial charge in [0.2, 0.25) is 11.8 Å². The number of hydrogen-bond donors (Lipinski definition) is 0. The van der Waals surface area contributed by atoms with Gasteiger partial charge >= 0.3 is 0 Å². The summed E-state index contributed by atoms with van der Waals surface area (Å²) in [5.74, 6) is 2.21. The third-order valence-electron chi connectivity index (χ3n) is 6.19. The van der Waals surface area contributed by atoms with E-state index in [4.69, 9.17) is 13.9 Å². The Morgan fingerprint density at radius 2 is 1.81 bits per heavy atom. The average molecular weight is 425 g/mol. The van der Waals surface area contributed by atoms with E-state index in [-0.39, 0.29) is 24.2 Å². The first kappa shape index (κ1) is 19.9. The van der Waals surface area contributed by atoms with Gasteiger partial charge in [-0.25, -0.2) is 0 Å². The maximum Gasteiger partial charge on any atom is 0.228 e. The summed E-state index contributed by atoms with van der Waals surface area (Å²) in [5, 5.41) is 0. The normalized spacial score (nSPS) is 21.5. The molecule has 0 N–H and O–H groups in total. The van der Waals surface area contributed by atoms with Crippen LogP contribution in [0.2, 0.25) is 0 Å². The van der Waals surface area contributed by atoms with Gasteiger partial charge in [0.05, 0.1) is 18.7 Å². The van der Waals surface area contributed by atoms with Gasteiger partial charge in [-0.1, -0.05) is 6.07 Å². The molecular weight excluding hydrogens is 398 g/mol. The van der Waals surface area contributed by atoms with Crippen LogP contribution in [-0.2, 0) is 22.7 Å². The Morgan fingerprint density at radius 3 is 2.58 bits per heavy atom. The molecule has 0 radical (unpaired) electrons. The molecule has 4 heterocycles. The van der Waals surface area contributed by atoms with Crippen LogP contribution in [0.1, 0.15) is 17.7 Å². The van der Waals surface area contributed by atoms with Crippen LogP contribution >= 0.6 is 0 Å². The van der Waals surface area contributed by atoms with E-state index in [1.807, 2.05) is 29.2 Å². The fourth-order valence-corrected chi connectivity index (χ4v) is 4.51. The van der Waals surface area contributed by atoms with Gasteiger partial charge in [-0.3, -0.25) is 14.5 Å². The molecule has 0 bridgehead atoms. The minimum Gasteiger partial charge on any atom is -0.486 e. The highest BCUT2D eigenvalue weighted by molar-refractivity contribution is 5.89. The molecular formula is C23H27N3O5. The Morgan fingerprint density at radius 1 is 1.00 bits per heavy atom. The number of amides is 2. The van der Waals surface area contributed by atoms with Crippen molar-refractivity contribution in [2.24, 2.45) is 5.92 Å². The zero-order valence-corrected chi connectivity index (χ0v) is 17.5. The summed E-state index contributed by atoms with van der Waals surface area (Å²) in [4.78, 5) is 31.3. The number of benzene rings is 1. The zero-order chi connectivity index (χ0) is 21.2. The number of carbonyl (C=O) groups is 2. The van der Waals surface area contributed by atoms with E-state index < -0.39 is 0 Å². The van der Waals surface area contributed by atoms with Crippen LogP contribution in [0.3, 0.4) is 0 Å². The van der Waals surface area contributed by atoms with Gasteiger partial charge in [0, 0.05) is 45.7 Å². The first-order chi connectivity index (χ1) is 15.2. The molecule has 1 aromatic carbocycles. The summed E-state index contributed by atoms with van der Waals surface area (Å²) in [5.41, 5.74) is 1.18. The van der Waals surface area contributed by atoms with E-state index in [0.29, 0.717) is 39.4 Å². The minimum atomic E-state index is -0.258. The Balaban J connectivity index is 1.12. The van der Waals surface area contributed by atoms with E-state index in [2.05, 4.69) is 11.0 Å². The molecule has 3 aliphatic heterocycles. The summed E-state index contributed by atoms with van der Waals surface area (Å²) in [6.07, 6.45) is 1.89. The lowest BCUT2D eigenvalue weighted by molar-refractivity contribution is -0.137. The summed E-state index contributed by atoms with van der Waals surface area (Å²) in [7, 11) is 0. The number of nitrogens with zero attached hydrogens (tertiary/aromatic N) is 3. The fourth-order valence-electron chi connectivity index (χ4n) is 4.51. The van der Waals surface area contributed by atoms with Crippen molar-refractivity contribution in [3.8, 4) is 11.5 Å². The maximum absolute atomic E-state index is 13.0. The van der Waals surface area contributed by atoms with E-state index in [0.717, 1.165) is 36.9 Å². The number of piperazine rings is 1. The van der Waals surface area contributed by atoms with Crippen molar-refractivity contribution < 1.29 is 23.5 Å². The minimum absolute atomic E-state index is 0.0204. The van der Waals surface area contributed by atoms with Gasteiger partial charge in [0.25, 0.3) is 0 Å². The lowest BCUT2D eigenvalue weighted by Crippen LogP contribution is -2.50. The Hall–Kier alpha value is -3.00. The summed E-state index contributed by atoms with van der Waals surface area (Å²) in [6.45, 7) is 5.90. The molecule has 8 heteroatoms. The monoisotopic (exact) mass is 425 g/mol. The van der Waals surface area contributed by atoms with Crippen molar-refractivity contribution in [2.45, 2.75) is 19.5 Å². The van der Waals surface area contributed by atoms with Crippen molar-refractivity contribution in [2.75, 3.05) is 45.9 Å². The molecule has 1 unspecified atom stereocenters. The molecule has 0 spiro atoms. The molecule has 2 amide bonds. The maximum atomic E-state index is 13.0. The molecule has 0 saturated carbocycles. The van der Waals surface area contributed by atoms with Gasteiger partial charge in [0.15, 0.2) is 11.5 Å². The molecule has 3 aliphatic rings. The largest absolute Gasteiger partial charge is 0.486 e.